The molecule has 10 atom stereocenters. The highest BCUT2D eigenvalue weighted by molar-refractivity contribution is 5.77. The number of esters is 2. The molecule has 0 amide bonds. The van der Waals surface area contributed by atoms with E-state index < -0.39 is 73.7 Å². The summed E-state index contributed by atoms with van der Waals surface area (Å²) in [6, 6.07) is 0. The highest BCUT2D eigenvalue weighted by Gasteiger charge is 2.49. The molecule has 0 aromatic rings. The summed E-state index contributed by atoms with van der Waals surface area (Å²) in [5, 5.41) is 60.6. The molecule has 1 aliphatic carbocycles. The lowest BCUT2D eigenvalue weighted by Gasteiger charge is -2.45. The minimum absolute atomic E-state index is 0.156. The molecule has 0 spiro atoms. The van der Waals surface area contributed by atoms with Crippen molar-refractivity contribution in [3.8, 4) is 0 Å². The Kier molecular flexibility index (Phi) is 9.58. The average molecular weight is 452 g/mol. The Morgan fingerprint density at radius 1 is 0.903 bits per heavy atom. The quantitative estimate of drug-likeness (QED) is 0.207. The second-order valence-corrected chi connectivity index (χ2v) is 7.82. The molecule has 12 heteroatoms. The van der Waals surface area contributed by atoms with Gasteiger partial charge in [-0.15, -0.1) is 0 Å². The Labute approximate surface area is 179 Å². The van der Waals surface area contributed by atoms with Crippen LogP contribution in [-0.2, 0) is 28.5 Å². The molecule has 0 aromatic carbocycles. The Hall–Kier alpha value is -1.38. The van der Waals surface area contributed by atoms with E-state index in [0.29, 0.717) is 6.42 Å². The molecule has 12 nitrogen and oxygen atoms in total. The van der Waals surface area contributed by atoms with Crippen molar-refractivity contribution in [2.24, 2.45) is 5.92 Å². The van der Waals surface area contributed by atoms with E-state index in [1.807, 2.05) is 0 Å². The van der Waals surface area contributed by atoms with Crippen LogP contribution in [0.1, 0.15) is 32.6 Å². The Morgan fingerprint density at radius 2 is 1.55 bits per heavy atom. The fourth-order valence-electron chi connectivity index (χ4n) is 3.80. The van der Waals surface area contributed by atoms with Gasteiger partial charge in [0.25, 0.3) is 0 Å². The van der Waals surface area contributed by atoms with E-state index in [4.69, 9.17) is 14.2 Å². The smallest absolute Gasteiger partial charge is 0.306 e. The number of hydrogen-bond acceptors (Lipinski definition) is 12. The van der Waals surface area contributed by atoms with Crippen LogP contribution in [0.25, 0.3) is 0 Å². The minimum atomic E-state index is -1.78. The van der Waals surface area contributed by atoms with E-state index in [-0.39, 0.29) is 25.2 Å². The summed E-state index contributed by atoms with van der Waals surface area (Å²) in [4.78, 5) is 23.0. The normalized spacial score (nSPS) is 40.9. The molecule has 1 aliphatic heterocycles. The maximum atomic E-state index is 11.8. The van der Waals surface area contributed by atoms with E-state index in [1.165, 1.54) is 7.11 Å². The molecule has 2 aliphatic rings. The van der Waals surface area contributed by atoms with Gasteiger partial charge in [0.15, 0.2) is 6.29 Å². The molecule has 1 heterocycles. The standard InChI is InChI=1S/C19H32O12/c1-3-8-6-9(14(23)15(24)13(8)22)30-18-10(31-19(27)17(26)16(18)25)7-29-12(21)5-4-11(20)28-2/h8-10,13-19,22-27H,3-7H2,1-2H3. The Bertz CT molecular complexity index is 598. The van der Waals surface area contributed by atoms with Gasteiger partial charge in [0.2, 0.25) is 0 Å². The van der Waals surface area contributed by atoms with Crippen molar-refractivity contribution in [1.82, 2.24) is 0 Å². The van der Waals surface area contributed by atoms with Gasteiger partial charge in [-0.2, -0.15) is 0 Å². The third-order valence-electron chi connectivity index (χ3n) is 5.78. The van der Waals surface area contributed by atoms with Gasteiger partial charge in [-0.05, 0) is 12.3 Å². The number of aliphatic hydroxyl groups excluding tert-OH is 6. The van der Waals surface area contributed by atoms with Gasteiger partial charge in [0.1, 0.15) is 43.2 Å². The van der Waals surface area contributed by atoms with Crippen LogP contribution in [0.4, 0.5) is 0 Å². The molecule has 31 heavy (non-hydrogen) atoms. The van der Waals surface area contributed by atoms with Crippen LogP contribution in [0, 0.1) is 5.92 Å². The fourth-order valence-corrected chi connectivity index (χ4v) is 3.80. The van der Waals surface area contributed by atoms with Gasteiger partial charge < -0.3 is 49.6 Å². The van der Waals surface area contributed by atoms with Crippen molar-refractivity contribution >= 4 is 11.9 Å². The van der Waals surface area contributed by atoms with Crippen LogP contribution < -0.4 is 0 Å². The largest absolute Gasteiger partial charge is 0.469 e. The first-order valence-corrected chi connectivity index (χ1v) is 10.2. The van der Waals surface area contributed by atoms with Crippen LogP contribution in [-0.4, -0.2) is 111 Å². The lowest BCUT2D eigenvalue weighted by Crippen LogP contribution is -2.62. The van der Waals surface area contributed by atoms with E-state index in [2.05, 4.69) is 4.74 Å². The molecule has 1 saturated carbocycles. The minimum Gasteiger partial charge on any atom is -0.469 e. The van der Waals surface area contributed by atoms with Gasteiger partial charge in [-0.1, -0.05) is 13.3 Å². The molecule has 6 N–H and O–H groups in total. The van der Waals surface area contributed by atoms with Crippen molar-refractivity contribution in [3.63, 3.8) is 0 Å². The summed E-state index contributed by atoms with van der Waals surface area (Å²) in [6.07, 6.45) is -12.6. The van der Waals surface area contributed by atoms with Crippen LogP contribution in [0.5, 0.6) is 0 Å². The third-order valence-corrected chi connectivity index (χ3v) is 5.78. The zero-order valence-electron chi connectivity index (χ0n) is 17.4. The van der Waals surface area contributed by atoms with Crippen LogP contribution in [0.3, 0.4) is 0 Å². The first-order valence-electron chi connectivity index (χ1n) is 10.2. The molecule has 0 bridgehead atoms. The number of ether oxygens (including phenoxy) is 4. The molecule has 180 valence electrons. The van der Waals surface area contributed by atoms with Crippen LogP contribution in [0.2, 0.25) is 0 Å². The SMILES string of the molecule is CCC1CC(OC2C(COC(=O)CCC(=O)OC)OC(O)C(O)C2O)C(O)C(O)C1O. The second kappa shape index (κ2) is 11.5. The van der Waals surface area contributed by atoms with E-state index >= 15 is 0 Å². The average Bonchev–Trinajstić information content (AvgIpc) is 2.76. The third kappa shape index (κ3) is 6.33. The highest BCUT2D eigenvalue weighted by Crippen LogP contribution is 2.33. The molecule has 10 unspecified atom stereocenters. The van der Waals surface area contributed by atoms with Gasteiger partial charge in [0, 0.05) is 0 Å². The predicted molar refractivity (Wildman–Crippen MR) is 100 cm³/mol. The maximum Gasteiger partial charge on any atom is 0.306 e. The van der Waals surface area contributed by atoms with E-state index in [9.17, 15) is 40.2 Å². The van der Waals surface area contributed by atoms with Crippen molar-refractivity contribution in [2.45, 2.75) is 87.7 Å². The molecular formula is C19H32O12. The van der Waals surface area contributed by atoms with Crippen molar-refractivity contribution in [3.05, 3.63) is 0 Å². The second-order valence-electron chi connectivity index (χ2n) is 7.82. The summed E-state index contributed by atoms with van der Waals surface area (Å²) in [5.41, 5.74) is 0. The summed E-state index contributed by atoms with van der Waals surface area (Å²) in [6.45, 7) is 1.32. The number of hydrogen-bond donors (Lipinski definition) is 6. The van der Waals surface area contributed by atoms with Gasteiger partial charge in [-0.3, -0.25) is 9.59 Å². The van der Waals surface area contributed by atoms with E-state index in [1.54, 1.807) is 6.92 Å². The van der Waals surface area contributed by atoms with Crippen LogP contribution in [0.15, 0.2) is 0 Å². The molecular weight excluding hydrogens is 420 g/mol. The number of aliphatic hydroxyl groups is 6. The van der Waals surface area contributed by atoms with Crippen LogP contribution >= 0.6 is 0 Å². The summed E-state index contributed by atoms with van der Waals surface area (Å²) in [5.74, 6) is -1.74. The summed E-state index contributed by atoms with van der Waals surface area (Å²) < 4.78 is 20.4. The van der Waals surface area contributed by atoms with Crippen molar-refractivity contribution in [1.29, 1.82) is 0 Å². The number of carbonyl (C=O) groups excluding carboxylic acids is 2. The highest BCUT2D eigenvalue weighted by atomic mass is 16.7. The van der Waals surface area contributed by atoms with Crippen molar-refractivity contribution < 1.29 is 59.2 Å². The zero-order chi connectivity index (χ0) is 23.3. The lowest BCUT2D eigenvalue weighted by molar-refractivity contribution is -0.310. The monoisotopic (exact) mass is 452 g/mol. The summed E-state index contributed by atoms with van der Waals surface area (Å²) >= 11 is 0. The summed E-state index contributed by atoms with van der Waals surface area (Å²) in [7, 11) is 1.18. The molecule has 2 rings (SSSR count). The zero-order valence-corrected chi connectivity index (χ0v) is 17.4. The lowest BCUT2D eigenvalue weighted by atomic mass is 9.79. The topological polar surface area (TPSA) is 192 Å². The van der Waals surface area contributed by atoms with E-state index in [0.717, 1.165) is 0 Å². The molecule has 2 fully saturated rings. The first-order chi connectivity index (χ1) is 14.6. The number of carbonyl (C=O) groups is 2. The van der Waals surface area contributed by atoms with Gasteiger partial charge in [0.05, 0.1) is 32.2 Å². The maximum absolute atomic E-state index is 11.8. The predicted octanol–water partition coefficient (Wildman–Crippen LogP) is -2.81. The number of rotatable bonds is 8. The molecule has 0 aromatic heterocycles. The Morgan fingerprint density at radius 3 is 2.16 bits per heavy atom. The van der Waals surface area contributed by atoms with Gasteiger partial charge >= 0.3 is 11.9 Å². The van der Waals surface area contributed by atoms with Crippen molar-refractivity contribution in [2.75, 3.05) is 13.7 Å². The fraction of sp³-hybridized carbons (Fsp3) is 0.895. The first kappa shape index (κ1) is 25.9. The Balaban J connectivity index is 2.06. The number of methoxy groups -OCH3 is 1. The molecule has 1 saturated heterocycles. The molecule has 0 radical (unpaired) electrons. The van der Waals surface area contributed by atoms with Gasteiger partial charge in [-0.25, -0.2) is 0 Å².